The van der Waals surface area contributed by atoms with Gasteiger partial charge in [-0.25, -0.2) is 4.39 Å². The van der Waals surface area contributed by atoms with Gasteiger partial charge in [-0.1, -0.05) is 22.9 Å². The molecule has 102 valence electrons. The minimum Gasteiger partial charge on any atom is -0.312 e. The van der Waals surface area contributed by atoms with Gasteiger partial charge in [0.2, 0.25) is 0 Å². The van der Waals surface area contributed by atoms with Crippen LogP contribution in [-0.4, -0.2) is 7.05 Å². The predicted octanol–water partition coefficient (Wildman–Crippen LogP) is 4.72. The Labute approximate surface area is 126 Å². The summed E-state index contributed by atoms with van der Waals surface area (Å²) >= 11 is 5.16. The number of hydrogen-bond donors (Lipinski definition) is 1. The van der Waals surface area contributed by atoms with Crippen molar-refractivity contribution in [3.05, 3.63) is 55.9 Å². The van der Waals surface area contributed by atoms with Gasteiger partial charge in [0.25, 0.3) is 0 Å². The van der Waals surface area contributed by atoms with Crippen molar-refractivity contribution in [2.24, 2.45) is 0 Å². The van der Waals surface area contributed by atoms with Crippen LogP contribution in [0.15, 0.2) is 34.8 Å². The van der Waals surface area contributed by atoms with Gasteiger partial charge in [-0.3, -0.25) is 0 Å². The fraction of sp³-hybridized carbons (Fsp3) is 0.333. The van der Waals surface area contributed by atoms with Gasteiger partial charge in [0.05, 0.1) is 0 Å². The van der Waals surface area contributed by atoms with Crippen molar-refractivity contribution in [3.63, 3.8) is 0 Å². The highest BCUT2D eigenvalue weighted by molar-refractivity contribution is 9.10. The first kappa shape index (κ1) is 14.7. The summed E-state index contributed by atoms with van der Waals surface area (Å²) in [6.45, 7) is 2.16. The first-order valence-corrected chi connectivity index (χ1v) is 7.94. The number of rotatable bonds is 5. The van der Waals surface area contributed by atoms with Crippen molar-refractivity contribution in [1.82, 2.24) is 5.32 Å². The molecule has 1 heterocycles. The lowest BCUT2D eigenvalue weighted by Gasteiger charge is -2.15. The molecule has 0 radical (unpaired) electrons. The van der Waals surface area contributed by atoms with Crippen LogP contribution in [0.25, 0.3) is 0 Å². The molecule has 2 rings (SSSR count). The van der Waals surface area contributed by atoms with Gasteiger partial charge in [0, 0.05) is 20.3 Å². The molecule has 0 bridgehead atoms. The van der Waals surface area contributed by atoms with E-state index in [1.807, 2.05) is 24.5 Å². The molecule has 4 heteroatoms. The number of likely N-dealkylation sites (N-methyl/N-ethyl adjacent to an activating group) is 1. The van der Waals surface area contributed by atoms with E-state index in [-0.39, 0.29) is 11.9 Å². The lowest BCUT2D eigenvalue weighted by atomic mass is 10.0. The van der Waals surface area contributed by atoms with Crippen LogP contribution in [0.5, 0.6) is 0 Å². The first-order valence-electron chi connectivity index (χ1n) is 6.33. The van der Waals surface area contributed by atoms with Crippen LogP contribution in [0.2, 0.25) is 0 Å². The molecule has 1 unspecified atom stereocenters. The maximum absolute atomic E-state index is 13.4. The van der Waals surface area contributed by atoms with Gasteiger partial charge in [-0.2, -0.15) is 0 Å². The van der Waals surface area contributed by atoms with Gasteiger partial charge in [-0.05, 0) is 55.8 Å². The lowest BCUT2D eigenvalue weighted by Crippen LogP contribution is -2.17. The first-order chi connectivity index (χ1) is 9.12. The molecule has 0 fully saturated rings. The van der Waals surface area contributed by atoms with Gasteiger partial charge in [-0.15, -0.1) is 11.3 Å². The van der Waals surface area contributed by atoms with Crippen molar-refractivity contribution in [1.29, 1.82) is 0 Å². The fourth-order valence-electron chi connectivity index (χ4n) is 2.08. The van der Waals surface area contributed by atoms with E-state index in [0.717, 1.165) is 22.9 Å². The van der Waals surface area contributed by atoms with E-state index in [1.54, 1.807) is 6.07 Å². The van der Waals surface area contributed by atoms with E-state index in [0.29, 0.717) is 0 Å². The average molecular weight is 342 g/mol. The number of benzene rings is 1. The molecule has 1 N–H and O–H groups in total. The molecular formula is C15H17BrFNS. The van der Waals surface area contributed by atoms with Crippen LogP contribution < -0.4 is 5.32 Å². The number of hydrogen-bond acceptors (Lipinski definition) is 2. The smallest absolute Gasteiger partial charge is 0.124 e. The summed E-state index contributed by atoms with van der Waals surface area (Å²) in [6, 6.07) is 9.63. The van der Waals surface area contributed by atoms with Gasteiger partial charge in [0.1, 0.15) is 5.82 Å². The highest BCUT2D eigenvalue weighted by atomic mass is 79.9. The Kier molecular flexibility index (Phi) is 5.13. The molecule has 0 saturated heterocycles. The Hall–Kier alpha value is -0.710. The normalized spacial score (nSPS) is 12.6. The molecule has 19 heavy (non-hydrogen) atoms. The molecule has 0 amide bonds. The van der Waals surface area contributed by atoms with Gasteiger partial charge >= 0.3 is 0 Å². The molecule has 0 spiro atoms. The zero-order chi connectivity index (χ0) is 13.8. The Bertz CT molecular complexity index is 533. The molecule has 0 aliphatic carbocycles. The van der Waals surface area contributed by atoms with Crippen LogP contribution in [-0.2, 0) is 12.8 Å². The van der Waals surface area contributed by atoms with Crippen molar-refractivity contribution in [2.75, 3.05) is 7.05 Å². The molecular weight excluding hydrogens is 325 g/mol. The zero-order valence-electron chi connectivity index (χ0n) is 11.0. The third-order valence-corrected chi connectivity index (χ3v) is 4.89. The zero-order valence-corrected chi connectivity index (χ0v) is 13.4. The highest BCUT2D eigenvalue weighted by Gasteiger charge is 2.13. The Morgan fingerprint density at radius 3 is 2.68 bits per heavy atom. The number of nitrogens with one attached hydrogen (secondary N) is 1. The summed E-state index contributed by atoms with van der Waals surface area (Å²) in [6.07, 6.45) is 1.85. The third kappa shape index (κ3) is 3.88. The topological polar surface area (TPSA) is 12.0 Å². The molecule has 1 aromatic heterocycles. The lowest BCUT2D eigenvalue weighted by molar-refractivity contribution is 0.591. The SMILES string of the molecule is CCc1ccc(C(Cc2cc(F)cc(Br)c2)NC)s1. The second kappa shape index (κ2) is 6.64. The predicted molar refractivity (Wildman–Crippen MR) is 83.3 cm³/mol. The molecule has 1 atom stereocenters. The average Bonchev–Trinajstić information content (AvgIpc) is 2.83. The van der Waals surface area contributed by atoms with Crippen molar-refractivity contribution >= 4 is 27.3 Å². The molecule has 0 saturated carbocycles. The number of thiophene rings is 1. The van der Waals surface area contributed by atoms with Crippen LogP contribution in [0.4, 0.5) is 4.39 Å². The fourth-order valence-corrected chi connectivity index (χ4v) is 3.66. The number of halogens is 2. The Morgan fingerprint density at radius 2 is 2.11 bits per heavy atom. The molecule has 2 aromatic rings. The summed E-state index contributed by atoms with van der Waals surface area (Å²) in [5, 5.41) is 3.32. The van der Waals surface area contributed by atoms with E-state index >= 15 is 0 Å². The maximum Gasteiger partial charge on any atom is 0.124 e. The van der Waals surface area contributed by atoms with Crippen LogP contribution in [0, 0.1) is 5.82 Å². The maximum atomic E-state index is 13.4. The quantitative estimate of drug-likeness (QED) is 0.829. The van der Waals surface area contributed by atoms with Crippen molar-refractivity contribution < 1.29 is 4.39 Å². The summed E-state index contributed by atoms with van der Waals surface area (Å²) in [5.74, 6) is -0.195. The van der Waals surface area contributed by atoms with E-state index in [4.69, 9.17) is 0 Å². The summed E-state index contributed by atoms with van der Waals surface area (Å²) in [7, 11) is 1.95. The van der Waals surface area contributed by atoms with Crippen molar-refractivity contribution in [2.45, 2.75) is 25.8 Å². The van der Waals surface area contributed by atoms with Crippen molar-refractivity contribution in [3.8, 4) is 0 Å². The second-order valence-electron chi connectivity index (χ2n) is 4.48. The summed E-state index contributed by atoms with van der Waals surface area (Å²) in [5.41, 5.74) is 0.998. The monoisotopic (exact) mass is 341 g/mol. The van der Waals surface area contributed by atoms with E-state index < -0.39 is 0 Å². The van der Waals surface area contributed by atoms with E-state index in [1.165, 1.54) is 15.8 Å². The molecule has 1 nitrogen and oxygen atoms in total. The standard InChI is InChI=1S/C15H17BrFNS/c1-3-13-4-5-15(19-13)14(18-2)8-10-6-11(16)9-12(17)7-10/h4-7,9,14,18H,3,8H2,1-2H3. The summed E-state index contributed by atoms with van der Waals surface area (Å²) in [4.78, 5) is 2.69. The van der Waals surface area contributed by atoms with Crippen LogP contribution in [0.1, 0.15) is 28.3 Å². The Balaban J connectivity index is 2.18. The third-order valence-electron chi connectivity index (χ3n) is 3.08. The Morgan fingerprint density at radius 1 is 1.32 bits per heavy atom. The molecule has 0 aliphatic rings. The van der Waals surface area contributed by atoms with E-state index in [9.17, 15) is 4.39 Å². The van der Waals surface area contributed by atoms with Crippen LogP contribution in [0.3, 0.4) is 0 Å². The minimum absolute atomic E-state index is 0.195. The van der Waals surface area contributed by atoms with Gasteiger partial charge < -0.3 is 5.32 Å². The summed E-state index contributed by atoms with van der Waals surface area (Å²) < 4.78 is 14.2. The minimum atomic E-state index is -0.195. The van der Waals surface area contributed by atoms with Gasteiger partial charge in [0.15, 0.2) is 0 Å². The molecule has 0 aliphatic heterocycles. The second-order valence-corrected chi connectivity index (χ2v) is 6.60. The highest BCUT2D eigenvalue weighted by Crippen LogP contribution is 2.27. The largest absolute Gasteiger partial charge is 0.312 e. The molecule has 1 aromatic carbocycles. The van der Waals surface area contributed by atoms with E-state index in [2.05, 4.69) is 40.3 Å². The number of aryl methyl sites for hydroxylation is 1. The van der Waals surface area contributed by atoms with Crippen LogP contribution >= 0.6 is 27.3 Å².